The van der Waals surface area contributed by atoms with Crippen LogP contribution in [0.2, 0.25) is 0 Å². The molecule has 0 aliphatic carbocycles. The van der Waals surface area contributed by atoms with E-state index >= 15 is 0 Å². The maximum atomic E-state index is 12.1. The Balaban J connectivity index is 2.05. The molecule has 0 radical (unpaired) electrons. The van der Waals surface area contributed by atoms with Crippen LogP contribution in [-0.4, -0.2) is 11.0 Å². The van der Waals surface area contributed by atoms with Crippen LogP contribution in [0.15, 0.2) is 42.5 Å². The lowest BCUT2D eigenvalue weighted by Crippen LogP contribution is -2.23. The Labute approximate surface area is 112 Å². The zero-order valence-corrected chi connectivity index (χ0v) is 11.1. The molecule has 0 saturated heterocycles. The van der Waals surface area contributed by atoms with Crippen molar-refractivity contribution in [2.45, 2.75) is 20.4 Å². The fourth-order valence-corrected chi connectivity index (χ4v) is 1.89. The fourth-order valence-electron chi connectivity index (χ4n) is 1.89. The van der Waals surface area contributed by atoms with Gasteiger partial charge in [0.2, 0.25) is 0 Å². The van der Waals surface area contributed by atoms with Gasteiger partial charge in [-0.3, -0.25) is 4.79 Å². The predicted octanol–water partition coefficient (Wildman–Crippen LogP) is 2.94. The minimum absolute atomic E-state index is 0.0747. The first kappa shape index (κ1) is 13.1. The number of phenols is 1. The average Bonchev–Trinajstić information content (AvgIpc) is 2.41. The summed E-state index contributed by atoms with van der Waals surface area (Å²) in [6.07, 6.45) is 0. The van der Waals surface area contributed by atoms with E-state index in [1.165, 1.54) is 0 Å². The third-order valence-corrected chi connectivity index (χ3v) is 3.24. The number of amides is 1. The van der Waals surface area contributed by atoms with Gasteiger partial charge in [0.05, 0.1) is 0 Å². The Kier molecular flexibility index (Phi) is 3.85. The average molecular weight is 255 g/mol. The van der Waals surface area contributed by atoms with E-state index in [2.05, 4.69) is 5.32 Å². The van der Waals surface area contributed by atoms with Crippen molar-refractivity contribution in [3.05, 3.63) is 64.7 Å². The predicted molar refractivity (Wildman–Crippen MR) is 75.2 cm³/mol. The molecule has 98 valence electrons. The van der Waals surface area contributed by atoms with Crippen LogP contribution in [-0.2, 0) is 6.54 Å². The van der Waals surface area contributed by atoms with Crippen LogP contribution in [0.4, 0.5) is 0 Å². The molecule has 2 aromatic carbocycles. The van der Waals surface area contributed by atoms with E-state index in [1.807, 2.05) is 32.0 Å². The summed E-state index contributed by atoms with van der Waals surface area (Å²) in [5, 5.41) is 12.1. The lowest BCUT2D eigenvalue weighted by molar-refractivity contribution is 0.0950. The molecule has 2 N–H and O–H groups in total. The summed E-state index contributed by atoms with van der Waals surface area (Å²) >= 11 is 0. The monoisotopic (exact) mass is 255 g/mol. The van der Waals surface area contributed by atoms with E-state index < -0.39 is 0 Å². The zero-order valence-electron chi connectivity index (χ0n) is 11.1. The highest BCUT2D eigenvalue weighted by Crippen LogP contribution is 2.13. The summed E-state index contributed by atoms with van der Waals surface area (Å²) in [6, 6.07) is 12.5. The molecule has 0 saturated carbocycles. The second kappa shape index (κ2) is 5.57. The van der Waals surface area contributed by atoms with Gasteiger partial charge in [0.15, 0.2) is 0 Å². The van der Waals surface area contributed by atoms with Crippen LogP contribution < -0.4 is 5.32 Å². The van der Waals surface area contributed by atoms with Crippen molar-refractivity contribution < 1.29 is 9.90 Å². The molecule has 0 atom stereocenters. The smallest absolute Gasteiger partial charge is 0.251 e. The van der Waals surface area contributed by atoms with Gasteiger partial charge in [0, 0.05) is 12.1 Å². The van der Waals surface area contributed by atoms with Crippen molar-refractivity contribution >= 4 is 5.91 Å². The number of hydrogen-bond donors (Lipinski definition) is 2. The van der Waals surface area contributed by atoms with Crippen LogP contribution in [0, 0.1) is 13.8 Å². The van der Waals surface area contributed by atoms with Gasteiger partial charge >= 0.3 is 0 Å². The summed E-state index contributed by atoms with van der Waals surface area (Å²) < 4.78 is 0. The molecule has 1 amide bonds. The van der Waals surface area contributed by atoms with Gasteiger partial charge in [-0.05, 0) is 48.7 Å². The molecule has 0 aliphatic heterocycles. The molecule has 2 rings (SSSR count). The first-order valence-corrected chi connectivity index (χ1v) is 6.20. The third kappa shape index (κ3) is 3.13. The molecule has 0 aromatic heterocycles. The van der Waals surface area contributed by atoms with Crippen molar-refractivity contribution in [2.75, 3.05) is 0 Å². The molecular weight excluding hydrogens is 238 g/mol. The number of benzene rings is 2. The summed E-state index contributed by atoms with van der Waals surface area (Å²) in [6.45, 7) is 4.39. The quantitative estimate of drug-likeness (QED) is 0.886. The summed E-state index contributed by atoms with van der Waals surface area (Å²) in [7, 11) is 0. The molecule has 0 bridgehead atoms. The molecule has 0 heterocycles. The molecule has 2 aromatic rings. The van der Waals surface area contributed by atoms with Gasteiger partial charge in [-0.2, -0.15) is 0 Å². The normalized spacial score (nSPS) is 10.2. The minimum Gasteiger partial charge on any atom is -0.508 e. The first-order chi connectivity index (χ1) is 9.08. The van der Waals surface area contributed by atoms with Gasteiger partial charge in [-0.1, -0.05) is 24.3 Å². The first-order valence-electron chi connectivity index (χ1n) is 6.20. The second-order valence-electron chi connectivity index (χ2n) is 4.60. The van der Waals surface area contributed by atoms with Crippen LogP contribution in [0.3, 0.4) is 0 Å². The highest BCUT2D eigenvalue weighted by molar-refractivity contribution is 5.95. The molecule has 0 unspecified atom stereocenters. The summed E-state index contributed by atoms with van der Waals surface area (Å²) in [4.78, 5) is 12.1. The highest BCUT2D eigenvalue weighted by atomic mass is 16.3. The molecule has 0 spiro atoms. The van der Waals surface area contributed by atoms with Gasteiger partial charge in [-0.25, -0.2) is 0 Å². The maximum Gasteiger partial charge on any atom is 0.251 e. The van der Waals surface area contributed by atoms with E-state index in [4.69, 9.17) is 0 Å². The van der Waals surface area contributed by atoms with E-state index in [-0.39, 0.29) is 11.7 Å². The summed E-state index contributed by atoms with van der Waals surface area (Å²) in [5.74, 6) is 0.152. The van der Waals surface area contributed by atoms with E-state index in [0.29, 0.717) is 12.1 Å². The molecule has 19 heavy (non-hydrogen) atoms. The molecule has 3 nitrogen and oxygen atoms in total. The number of aryl methyl sites for hydroxylation is 1. The van der Waals surface area contributed by atoms with Crippen molar-refractivity contribution in [3.8, 4) is 5.75 Å². The number of hydrogen-bond acceptors (Lipinski definition) is 2. The van der Waals surface area contributed by atoms with Gasteiger partial charge < -0.3 is 10.4 Å². The number of carbonyl (C=O) groups is 1. The number of carbonyl (C=O) groups excluding carboxylic acids is 1. The fraction of sp³-hybridized carbons (Fsp3) is 0.188. The molecule has 3 heteroatoms. The maximum absolute atomic E-state index is 12.1. The lowest BCUT2D eigenvalue weighted by Gasteiger charge is -2.09. The van der Waals surface area contributed by atoms with Crippen molar-refractivity contribution in [1.82, 2.24) is 5.32 Å². The largest absolute Gasteiger partial charge is 0.508 e. The van der Waals surface area contributed by atoms with Crippen LogP contribution in [0.5, 0.6) is 5.75 Å². The van der Waals surface area contributed by atoms with Crippen LogP contribution in [0.1, 0.15) is 27.0 Å². The van der Waals surface area contributed by atoms with Crippen molar-refractivity contribution in [1.29, 1.82) is 0 Å². The van der Waals surface area contributed by atoms with E-state index in [1.54, 1.807) is 24.3 Å². The van der Waals surface area contributed by atoms with Gasteiger partial charge in [-0.15, -0.1) is 0 Å². The lowest BCUT2D eigenvalue weighted by atomic mass is 10.0. The Hall–Kier alpha value is -2.29. The molecule has 0 fully saturated rings. The molecular formula is C16H17NO2. The third-order valence-electron chi connectivity index (χ3n) is 3.24. The van der Waals surface area contributed by atoms with E-state index in [9.17, 15) is 9.90 Å². The number of phenolic OH excluding ortho intramolecular Hbond substituents is 1. The summed E-state index contributed by atoms with van der Waals surface area (Å²) in [5.41, 5.74) is 3.78. The van der Waals surface area contributed by atoms with Crippen LogP contribution in [0.25, 0.3) is 0 Å². The number of nitrogens with one attached hydrogen (secondary N) is 1. The number of rotatable bonds is 3. The molecule has 0 aliphatic rings. The SMILES string of the molecule is Cc1cccc(C(=O)NCc2ccc(O)cc2)c1C. The van der Waals surface area contributed by atoms with Gasteiger partial charge in [0.25, 0.3) is 5.91 Å². The van der Waals surface area contributed by atoms with E-state index in [0.717, 1.165) is 16.7 Å². The Morgan fingerprint density at radius 2 is 1.79 bits per heavy atom. The Morgan fingerprint density at radius 3 is 2.47 bits per heavy atom. The Morgan fingerprint density at radius 1 is 1.11 bits per heavy atom. The van der Waals surface area contributed by atoms with Crippen molar-refractivity contribution in [3.63, 3.8) is 0 Å². The minimum atomic E-state index is -0.0747. The topological polar surface area (TPSA) is 49.3 Å². The zero-order chi connectivity index (χ0) is 13.8. The standard InChI is InChI=1S/C16H17NO2/c1-11-4-3-5-15(12(11)2)16(19)17-10-13-6-8-14(18)9-7-13/h3-9,18H,10H2,1-2H3,(H,17,19). The second-order valence-corrected chi connectivity index (χ2v) is 4.60. The van der Waals surface area contributed by atoms with Gasteiger partial charge in [0.1, 0.15) is 5.75 Å². The highest BCUT2D eigenvalue weighted by Gasteiger charge is 2.09. The Bertz CT molecular complexity index is 588. The van der Waals surface area contributed by atoms with Crippen molar-refractivity contribution in [2.24, 2.45) is 0 Å². The van der Waals surface area contributed by atoms with Crippen LogP contribution >= 0.6 is 0 Å². The number of aromatic hydroxyl groups is 1.